The number of rotatable bonds is 4. The van der Waals surface area contributed by atoms with Gasteiger partial charge in [0.2, 0.25) is 0 Å². The van der Waals surface area contributed by atoms with E-state index in [-0.39, 0.29) is 12.5 Å². The highest BCUT2D eigenvalue weighted by atomic mass is 16.5. The molecule has 0 saturated carbocycles. The number of hydrogen-bond acceptors (Lipinski definition) is 4. The van der Waals surface area contributed by atoms with Crippen molar-refractivity contribution in [2.75, 3.05) is 19.8 Å². The molecule has 1 heterocycles. The molecule has 6 nitrogen and oxygen atoms in total. The Kier molecular flexibility index (Phi) is 4.93. The number of ether oxygens (including phenoxy) is 1. The van der Waals surface area contributed by atoms with Crippen molar-refractivity contribution in [2.45, 2.75) is 18.4 Å². The SMILES string of the molecule is NC(=O)C(=O)NCC(O)(c1ccccc1)C1CCOCC1. The molecule has 0 bridgehead atoms. The lowest BCUT2D eigenvalue weighted by atomic mass is 9.77. The van der Waals surface area contributed by atoms with Crippen molar-refractivity contribution in [1.29, 1.82) is 0 Å². The number of carbonyl (C=O) groups excluding carboxylic acids is 2. The van der Waals surface area contributed by atoms with Crippen LogP contribution in [0.15, 0.2) is 30.3 Å². The Balaban J connectivity index is 2.21. The average Bonchev–Trinajstić information content (AvgIpc) is 2.53. The smallest absolute Gasteiger partial charge is 0.309 e. The van der Waals surface area contributed by atoms with Crippen LogP contribution in [0.3, 0.4) is 0 Å². The number of nitrogens with two attached hydrogens (primary N) is 1. The average molecular weight is 292 g/mol. The van der Waals surface area contributed by atoms with E-state index in [1.165, 1.54) is 0 Å². The molecule has 1 aromatic carbocycles. The van der Waals surface area contributed by atoms with Gasteiger partial charge < -0.3 is 20.9 Å². The fourth-order valence-electron chi connectivity index (χ4n) is 2.69. The van der Waals surface area contributed by atoms with Gasteiger partial charge in [0.1, 0.15) is 5.60 Å². The molecule has 1 atom stereocenters. The summed E-state index contributed by atoms with van der Waals surface area (Å²) in [6, 6.07) is 9.14. The molecule has 2 amide bonds. The summed E-state index contributed by atoms with van der Waals surface area (Å²) in [7, 11) is 0. The lowest BCUT2D eigenvalue weighted by Gasteiger charge is -2.39. The number of hydrogen-bond donors (Lipinski definition) is 3. The predicted molar refractivity (Wildman–Crippen MR) is 76.1 cm³/mol. The molecule has 0 spiro atoms. The summed E-state index contributed by atoms with van der Waals surface area (Å²) < 4.78 is 5.32. The largest absolute Gasteiger partial charge is 0.383 e. The van der Waals surface area contributed by atoms with E-state index < -0.39 is 17.4 Å². The van der Waals surface area contributed by atoms with Crippen molar-refractivity contribution in [3.63, 3.8) is 0 Å². The summed E-state index contributed by atoms with van der Waals surface area (Å²) in [6.45, 7) is 1.09. The Morgan fingerprint density at radius 3 is 2.48 bits per heavy atom. The standard InChI is InChI=1S/C15H20N2O4/c16-13(18)14(19)17-10-15(20,11-4-2-1-3-5-11)12-6-8-21-9-7-12/h1-5,12,20H,6-10H2,(H2,16,18)(H,17,19). The predicted octanol–water partition coefficient (Wildman–Crippen LogP) is -0.0977. The van der Waals surface area contributed by atoms with Crippen LogP contribution in [0.5, 0.6) is 0 Å². The van der Waals surface area contributed by atoms with Crippen LogP contribution in [-0.4, -0.2) is 36.7 Å². The van der Waals surface area contributed by atoms with Gasteiger partial charge in [-0.3, -0.25) is 9.59 Å². The number of nitrogens with one attached hydrogen (secondary N) is 1. The summed E-state index contributed by atoms with van der Waals surface area (Å²) in [5.41, 5.74) is 4.40. The molecule has 1 aliphatic heterocycles. The van der Waals surface area contributed by atoms with Crippen molar-refractivity contribution in [3.8, 4) is 0 Å². The third kappa shape index (κ3) is 3.59. The number of carbonyl (C=O) groups is 2. The maximum absolute atomic E-state index is 11.4. The second-order valence-corrected chi connectivity index (χ2v) is 5.22. The molecule has 114 valence electrons. The Hall–Kier alpha value is -1.92. The Bertz CT molecular complexity index is 500. The van der Waals surface area contributed by atoms with Crippen LogP contribution in [-0.2, 0) is 19.9 Å². The van der Waals surface area contributed by atoms with Gasteiger partial charge >= 0.3 is 11.8 Å². The first-order valence-electron chi connectivity index (χ1n) is 6.97. The van der Waals surface area contributed by atoms with Crippen molar-refractivity contribution >= 4 is 11.8 Å². The zero-order valence-corrected chi connectivity index (χ0v) is 11.7. The van der Waals surface area contributed by atoms with Crippen LogP contribution in [0.25, 0.3) is 0 Å². The molecule has 0 aromatic heterocycles. The van der Waals surface area contributed by atoms with Crippen LogP contribution in [0.2, 0.25) is 0 Å². The van der Waals surface area contributed by atoms with Gasteiger partial charge in [-0.05, 0) is 24.3 Å². The normalized spacial score (nSPS) is 18.7. The molecule has 0 radical (unpaired) electrons. The summed E-state index contributed by atoms with van der Waals surface area (Å²) in [5.74, 6) is -2.00. The second-order valence-electron chi connectivity index (χ2n) is 5.22. The van der Waals surface area contributed by atoms with Gasteiger partial charge in [0, 0.05) is 13.2 Å². The molecular weight excluding hydrogens is 272 g/mol. The van der Waals surface area contributed by atoms with Gasteiger partial charge in [0.15, 0.2) is 0 Å². The molecular formula is C15H20N2O4. The molecule has 1 unspecified atom stereocenters. The van der Waals surface area contributed by atoms with E-state index in [1.54, 1.807) is 0 Å². The Morgan fingerprint density at radius 1 is 1.29 bits per heavy atom. The van der Waals surface area contributed by atoms with Crippen molar-refractivity contribution in [3.05, 3.63) is 35.9 Å². The first kappa shape index (κ1) is 15.5. The molecule has 1 fully saturated rings. The van der Waals surface area contributed by atoms with Crippen LogP contribution >= 0.6 is 0 Å². The summed E-state index contributed by atoms with van der Waals surface area (Å²) in [4.78, 5) is 22.2. The Labute approximate surface area is 123 Å². The zero-order chi connectivity index (χ0) is 15.3. The second kappa shape index (κ2) is 6.69. The van der Waals surface area contributed by atoms with Gasteiger partial charge in [-0.25, -0.2) is 0 Å². The minimum atomic E-state index is -1.24. The zero-order valence-electron chi connectivity index (χ0n) is 11.7. The highest BCUT2D eigenvalue weighted by Gasteiger charge is 2.39. The maximum atomic E-state index is 11.4. The minimum Gasteiger partial charge on any atom is -0.383 e. The third-order valence-corrected chi connectivity index (χ3v) is 3.91. The van der Waals surface area contributed by atoms with Crippen LogP contribution < -0.4 is 11.1 Å². The molecule has 1 aromatic rings. The molecule has 21 heavy (non-hydrogen) atoms. The summed E-state index contributed by atoms with van der Waals surface area (Å²) >= 11 is 0. The lowest BCUT2D eigenvalue weighted by molar-refractivity contribution is -0.139. The van der Waals surface area contributed by atoms with E-state index in [4.69, 9.17) is 10.5 Å². The van der Waals surface area contributed by atoms with Crippen LogP contribution in [0.4, 0.5) is 0 Å². The van der Waals surface area contributed by atoms with Gasteiger partial charge in [0.25, 0.3) is 0 Å². The lowest BCUT2D eigenvalue weighted by Crippen LogP contribution is -2.49. The molecule has 6 heteroatoms. The monoisotopic (exact) mass is 292 g/mol. The number of primary amides is 1. The third-order valence-electron chi connectivity index (χ3n) is 3.91. The maximum Gasteiger partial charge on any atom is 0.309 e. The minimum absolute atomic E-state index is 0.0521. The molecule has 2 rings (SSSR count). The fraction of sp³-hybridized carbons (Fsp3) is 0.467. The fourth-order valence-corrected chi connectivity index (χ4v) is 2.69. The molecule has 1 aliphatic rings. The van der Waals surface area contributed by atoms with E-state index in [9.17, 15) is 14.7 Å². The number of aliphatic hydroxyl groups is 1. The summed E-state index contributed by atoms with van der Waals surface area (Å²) in [5, 5.41) is 13.5. The van der Waals surface area contributed by atoms with Gasteiger partial charge in [-0.2, -0.15) is 0 Å². The van der Waals surface area contributed by atoms with E-state index in [1.807, 2.05) is 30.3 Å². The summed E-state index contributed by atoms with van der Waals surface area (Å²) in [6.07, 6.45) is 1.38. The van der Waals surface area contributed by atoms with Crippen molar-refractivity contribution < 1.29 is 19.4 Å². The van der Waals surface area contributed by atoms with Crippen molar-refractivity contribution in [1.82, 2.24) is 5.32 Å². The van der Waals surface area contributed by atoms with E-state index in [0.29, 0.717) is 31.6 Å². The topological polar surface area (TPSA) is 102 Å². The highest BCUT2D eigenvalue weighted by molar-refractivity contribution is 6.34. The quantitative estimate of drug-likeness (QED) is 0.675. The van der Waals surface area contributed by atoms with Gasteiger partial charge in [0.05, 0.1) is 6.54 Å². The van der Waals surface area contributed by atoms with E-state index >= 15 is 0 Å². The van der Waals surface area contributed by atoms with Crippen LogP contribution in [0, 0.1) is 5.92 Å². The molecule has 0 aliphatic carbocycles. The first-order chi connectivity index (χ1) is 10.0. The van der Waals surface area contributed by atoms with Crippen LogP contribution in [0.1, 0.15) is 18.4 Å². The molecule has 4 N–H and O–H groups in total. The van der Waals surface area contributed by atoms with Gasteiger partial charge in [-0.15, -0.1) is 0 Å². The first-order valence-corrected chi connectivity index (χ1v) is 6.97. The number of benzene rings is 1. The van der Waals surface area contributed by atoms with Gasteiger partial charge in [-0.1, -0.05) is 30.3 Å². The molecule has 1 saturated heterocycles. The van der Waals surface area contributed by atoms with E-state index in [2.05, 4.69) is 5.32 Å². The van der Waals surface area contributed by atoms with Crippen molar-refractivity contribution in [2.24, 2.45) is 11.7 Å². The van der Waals surface area contributed by atoms with E-state index in [0.717, 1.165) is 0 Å². The Morgan fingerprint density at radius 2 is 1.90 bits per heavy atom. The number of amides is 2. The highest BCUT2D eigenvalue weighted by Crippen LogP contribution is 2.35.